The van der Waals surface area contributed by atoms with Gasteiger partial charge in [0.15, 0.2) is 0 Å². The molecule has 3 nitrogen and oxygen atoms in total. The summed E-state index contributed by atoms with van der Waals surface area (Å²) in [5, 5.41) is 9.32. The average molecular weight is 278 g/mol. The molecule has 100 valence electrons. The van der Waals surface area contributed by atoms with Crippen LogP contribution in [-0.2, 0) is 15.2 Å². The molecule has 0 aromatic rings. The van der Waals surface area contributed by atoms with Gasteiger partial charge in [0.2, 0.25) is 0 Å². The number of carboxylic acids is 1. The molecule has 1 N–H and O–H groups in total. The van der Waals surface area contributed by atoms with Crippen LogP contribution in [0.25, 0.3) is 0 Å². The molecule has 0 saturated heterocycles. The number of carbonyl (C=O) groups is 1. The number of aliphatic carboxylic acids is 1. The standard InChI is InChI=1S/C12H23O3PS/c1-16(17(2)15)10-6-5-9-12(11(13)14)7-3-4-8-12/h3-10H2,1-2H3,(H,13,14). The summed E-state index contributed by atoms with van der Waals surface area (Å²) in [5.41, 5.74) is -0.429. The Kier molecular flexibility index (Phi) is 6.08. The first-order valence-corrected chi connectivity index (χ1v) is 10.4. The summed E-state index contributed by atoms with van der Waals surface area (Å²) in [6.45, 7) is 2.06. The third kappa shape index (κ3) is 4.33. The Labute approximate surface area is 107 Å². The lowest BCUT2D eigenvalue weighted by atomic mass is 9.81. The van der Waals surface area contributed by atoms with Gasteiger partial charge in [0.25, 0.3) is 0 Å². The molecule has 0 radical (unpaired) electrons. The fourth-order valence-electron chi connectivity index (χ4n) is 2.55. The molecule has 2 atom stereocenters. The summed E-state index contributed by atoms with van der Waals surface area (Å²) in [6, 6.07) is 0. The smallest absolute Gasteiger partial charge is 0.309 e. The maximum absolute atomic E-state index is 11.3. The van der Waals surface area contributed by atoms with Crippen LogP contribution in [0, 0.1) is 5.41 Å². The molecule has 1 saturated carbocycles. The maximum Gasteiger partial charge on any atom is 0.309 e. The minimum absolute atomic E-state index is 0.370. The SMILES string of the molecule is CP(CCCCC1(C(=O)O)CCCC1)S(C)=O. The Morgan fingerprint density at radius 1 is 1.35 bits per heavy atom. The van der Waals surface area contributed by atoms with Gasteiger partial charge in [-0.2, -0.15) is 0 Å². The van der Waals surface area contributed by atoms with E-state index in [9.17, 15) is 14.1 Å². The predicted octanol–water partition coefficient (Wildman–Crippen LogP) is 3.21. The molecule has 1 fully saturated rings. The lowest BCUT2D eigenvalue weighted by Gasteiger charge is -2.23. The second-order valence-electron chi connectivity index (χ2n) is 5.02. The Bertz CT molecular complexity index is 287. The van der Waals surface area contributed by atoms with Crippen molar-refractivity contribution < 1.29 is 14.1 Å². The van der Waals surface area contributed by atoms with E-state index in [0.29, 0.717) is 0 Å². The summed E-state index contributed by atoms with van der Waals surface area (Å²) in [6.07, 6.45) is 9.40. The lowest BCUT2D eigenvalue weighted by Crippen LogP contribution is -2.27. The monoisotopic (exact) mass is 278 g/mol. The molecule has 1 aliphatic carbocycles. The van der Waals surface area contributed by atoms with Gasteiger partial charge in [0.05, 0.1) is 5.41 Å². The van der Waals surface area contributed by atoms with Crippen molar-refractivity contribution in [1.82, 2.24) is 0 Å². The first-order chi connectivity index (χ1) is 7.98. The summed E-state index contributed by atoms with van der Waals surface area (Å²) in [5.74, 6) is -0.604. The fraction of sp³-hybridized carbons (Fsp3) is 0.917. The minimum Gasteiger partial charge on any atom is -0.481 e. The van der Waals surface area contributed by atoms with E-state index in [1.807, 2.05) is 0 Å². The number of rotatable bonds is 7. The van der Waals surface area contributed by atoms with Gasteiger partial charge in [-0.05, 0) is 45.6 Å². The van der Waals surface area contributed by atoms with Crippen molar-refractivity contribution in [2.45, 2.75) is 44.9 Å². The second-order valence-corrected chi connectivity index (χ2v) is 11.0. The van der Waals surface area contributed by atoms with Gasteiger partial charge in [-0.3, -0.25) is 9.00 Å². The van der Waals surface area contributed by atoms with E-state index >= 15 is 0 Å². The maximum atomic E-state index is 11.3. The third-order valence-corrected chi connectivity index (χ3v) is 8.84. The predicted molar refractivity (Wildman–Crippen MR) is 74.2 cm³/mol. The molecule has 0 bridgehead atoms. The normalized spacial score (nSPS) is 22.2. The Morgan fingerprint density at radius 2 is 1.94 bits per heavy atom. The lowest BCUT2D eigenvalue weighted by molar-refractivity contribution is -0.149. The first-order valence-electron chi connectivity index (χ1n) is 6.26. The Hall–Kier alpha value is 0.0500. The molecule has 0 amide bonds. The van der Waals surface area contributed by atoms with Crippen LogP contribution in [0.2, 0.25) is 0 Å². The Balaban J connectivity index is 2.29. The van der Waals surface area contributed by atoms with Crippen LogP contribution in [0.4, 0.5) is 0 Å². The van der Waals surface area contributed by atoms with E-state index in [1.54, 1.807) is 6.26 Å². The van der Waals surface area contributed by atoms with Crippen molar-refractivity contribution in [2.75, 3.05) is 19.1 Å². The highest BCUT2D eigenvalue weighted by Gasteiger charge is 2.40. The number of carboxylic acid groups (broad SMARTS) is 1. The molecule has 17 heavy (non-hydrogen) atoms. The van der Waals surface area contributed by atoms with E-state index in [1.165, 1.54) is 0 Å². The number of hydrogen-bond donors (Lipinski definition) is 1. The van der Waals surface area contributed by atoms with Crippen molar-refractivity contribution >= 4 is 23.5 Å². The van der Waals surface area contributed by atoms with E-state index < -0.39 is 21.8 Å². The molecule has 0 heterocycles. The van der Waals surface area contributed by atoms with Gasteiger partial charge in [-0.15, -0.1) is 0 Å². The van der Waals surface area contributed by atoms with Crippen molar-refractivity contribution in [3.63, 3.8) is 0 Å². The molecule has 0 aliphatic heterocycles. The van der Waals surface area contributed by atoms with Gasteiger partial charge in [-0.1, -0.05) is 19.3 Å². The molecule has 1 rings (SSSR count). The van der Waals surface area contributed by atoms with Crippen LogP contribution in [0.5, 0.6) is 0 Å². The quantitative estimate of drug-likeness (QED) is 0.574. The van der Waals surface area contributed by atoms with Crippen molar-refractivity contribution in [2.24, 2.45) is 5.41 Å². The molecular weight excluding hydrogens is 255 g/mol. The fourth-order valence-corrected chi connectivity index (χ4v) is 4.63. The Morgan fingerprint density at radius 3 is 2.41 bits per heavy atom. The number of unbranched alkanes of at least 4 members (excludes halogenated alkanes) is 1. The minimum atomic E-state index is -0.686. The van der Waals surface area contributed by atoms with Gasteiger partial charge >= 0.3 is 5.97 Å². The van der Waals surface area contributed by atoms with Crippen molar-refractivity contribution in [3.8, 4) is 0 Å². The van der Waals surface area contributed by atoms with Crippen LogP contribution >= 0.6 is 7.12 Å². The molecule has 0 spiro atoms. The van der Waals surface area contributed by atoms with Gasteiger partial charge < -0.3 is 5.11 Å². The molecule has 1 aliphatic rings. The third-order valence-electron chi connectivity index (χ3n) is 3.83. The number of hydrogen-bond acceptors (Lipinski definition) is 2. The van der Waals surface area contributed by atoms with E-state index in [2.05, 4.69) is 6.66 Å². The van der Waals surface area contributed by atoms with Gasteiger partial charge in [-0.25, -0.2) is 0 Å². The zero-order valence-corrected chi connectivity index (χ0v) is 12.5. The van der Waals surface area contributed by atoms with Crippen molar-refractivity contribution in [1.29, 1.82) is 0 Å². The molecule has 0 aromatic heterocycles. The molecular formula is C12H23O3PS. The molecule has 0 aromatic carbocycles. The molecule has 2 unspecified atom stereocenters. The van der Waals surface area contributed by atoms with Crippen LogP contribution in [0.15, 0.2) is 0 Å². The summed E-state index contributed by atoms with van der Waals surface area (Å²) >= 11 is 0. The van der Waals surface area contributed by atoms with E-state index in [-0.39, 0.29) is 7.12 Å². The highest BCUT2D eigenvalue weighted by Crippen LogP contribution is 2.43. The summed E-state index contributed by atoms with van der Waals surface area (Å²) < 4.78 is 11.2. The topological polar surface area (TPSA) is 54.4 Å². The van der Waals surface area contributed by atoms with Crippen LogP contribution in [0.3, 0.4) is 0 Å². The highest BCUT2D eigenvalue weighted by atomic mass is 32.7. The van der Waals surface area contributed by atoms with Gasteiger partial charge in [0.1, 0.15) is 0 Å². The second kappa shape index (κ2) is 6.84. The average Bonchev–Trinajstić information content (AvgIpc) is 2.73. The summed E-state index contributed by atoms with van der Waals surface area (Å²) in [7, 11) is -1.06. The zero-order chi connectivity index (χ0) is 12.9. The van der Waals surface area contributed by atoms with Crippen LogP contribution < -0.4 is 0 Å². The molecule has 5 heteroatoms. The van der Waals surface area contributed by atoms with Crippen molar-refractivity contribution in [3.05, 3.63) is 0 Å². The first kappa shape index (κ1) is 15.1. The van der Waals surface area contributed by atoms with Gasteiger partial charge in [0, 0.05) is 16.7 Å². The summed E-state index contributed by atoms with van der Waals surface area (Å²) in [4.78, 5) is 11.3. The van der Waals surface area contributed by atoms with E-state index in [4.69, 9.17) is 0 Å². The highest BCUT2D eigenvalue weighted by molar-refractivity contribution is 8.46. The van der Waals surface area contributed by atoms with Crippen LogP contribution in [-0.4, -0.2) is 34.4 Å². The van der Waals surface area contributed by atoms with Crippen LogP contribution in [0.1, 0.15) is 44.9 Å². The van der Waals surface area contributed by atoms with E-state index in [0.717, 1.165) is 51.1 Å². The zero-order valence-electron chi connectivity index (χ0n) is 10.8. The largest absolute Gasteiger partial charge is 0.481 e.